The molecule has 1 aromatic heterocycles. The number of hydrogen-bond acceptors (Lipinski definition) is 3. The van der Waals surface area contributed by atoms with E-state index in [1.807, 2.05) is 6.20 Å². The summed E-state index contributed by atoms with van der Waals surface area (Å²) >= 11 is 0. The van der Waals surface area contributed by atoms with E-state index in [9.17, 15) is 0 Å². The molecular formula is C17H28N2O. The molecule has 2 atom stereocenters. The maximum Gasteiger partial charge on any atom is 0.0759 e. The summed E-state index contributed by atoms with van der Waals surface area (Å²) in [5, 5.41) is 3.60. The summed E-state index contributed by atoms with van der Waals surface area (Å²) in [5.74, 6) is 0.744. The first kappa shape index (κ1) is 15.5. The molecule has 3 heteroatoms. The number of rotatable bonds is 9. The van der Waals surface area contributed by atoms with E-state index in [0.29, 0.717) is 12.1 Å². The van der Waals surface area contributed by atoms with Crippen molar-refractivity contribution in [1.82, 2.24) is 10.3 Å². The second-order valence-corrected chi connectivity index (χ2v) is 5.64. The van der Waals surface area contributed by atoms with E-state index in [1.54, 1.807) is 0 Å². The molecule has 20 heavy (non-hydrogen) atoms. The standard InChI is InChI=1S/C17H28N2O/c1-4-13-7-10-15(19-12-13)11-16(18-5-2)17(20-6-3)14-8-9-14/h7,10,12,14,16-18H,4-6,8-9,11H2,1-3H3. The Morgan fingerprint density at radius 1 is 1.30 bits per heavy atom. The number of likely N-dealkylation sites (N-methyl/N-ethyl adjacent to an activating group) is 1. The Morgan fingerprint density at radius 3 is 2.60 bits per heavy atom. The van der Waals surface area contributed by atoms with Crippen molar-refractivity contribution in [1.29, 1.82) is 0 Å². The van der Waals surface area contributed by atoms with Gasteiger partial charge in [-0.25, -0.2) is 0 Å². The van der Waals surface area contributed by atoms with Gasteiger partial charge in [0.25, 0.3) is 0 Å². The Morgan fingerprint density at radius 2 is 2.10 bits per heavy atom. The molecule has 0 aliphatic heterocycles. The molecule has 0 aromatic carbocycles. The van der Waals surface area contributed by atoms with Crippen LogP contribution in [0.3, 0.4) is 0 Å². The van der Waals surface area contributed by atoms with Crippen LogP contribution in [0.1, 0.15) is 44.9 Å². The molecule has 0 saturated heterocycles. The van der Waals surface area contributed by atoms with Crippen molar-refractivity contribution in [2.75, 3.05) is 13.2 Å². The largest absolute Gasteiger partial charge is 0.377 e. The van der Waals surface area contributed by atoms with Gasteiger partial charge < -0.3 is 10.1 Å². The molecule has 0 bridgehead atoms. The number of pyridine rings is 1. The van der Waals surface area contributed by atoms with E-state index in [4.69, 9.17) is 4.74 Å². The molecule has 2 rings (SSSR count). The maximum absolute atomic E-state index is 6.01. The predicted octanol–water partition coefficient (Wildman–Crippen LogP) is 2.98. The Labute approximate surface area is 123 Å². The monoisotopic (exact) mass is 276 g/mol. The van der Waals surface area contributed by atoms with Crippen LogP contribution < -0.4 is 5.32 Å². The summed E-state index contributed by atoms with van der Waals surface area (Å²) in [6.07, 6.45) is 6.98. The number of nitrogens with one attached hydrogen (secondary N) is 1. The van der Waals surface area contributed by atoms with E-state index in [1.165, 1.54) is 24.1 Å². The molecule has 1 aliphatic rings. The van der Waals surface area contributed by atoms with Crippen molar-refractivity contribution in [2.24, 2.45) is 5.92 Å². The minimum absolute atomic E-state index is 0.340. The highest BCUT2D eigenvalue weighted by atomic mass is 16.5. The molecule has 2 unspecified atom stereocenters. The van der Waals surface area contributed by atoms with E-state index >= 15 is 0 Å². The quantitative estimate of drug-likeness (QED) is 0.753. The third-order valence-electron chi connectivity index (χ3n) is 4.03. The number of aryl methyl sites for hydroxylation is 1. The number of hydrogen-bond donors (Lipinski definition) is 1. The summed E-state index contributed by atoms with van der Waals surface area (Å²) in [6.45, 7) is 8.19. The SMILES string of the molecule is CCNC(Cc1ccc(CC)cn1)C(OCC)C1CC1. The van der Waals surface area contributed by atoms with Crippen LogP contribution >= 0.6 is 0 Å². The van der Waals surface area contributed by atoms with Crippen molar-refractivity contribution in [2.45, 2.75) is 58.6 Å². The highest BCUT2D eigenvalue weighted by Crippen LogP contribution is 2.36. The van der Waals surface area contributed by atoms with Crippen LogP contribution in [0.2, 0.25) is 0 Å². The first-order chi connectivity index (χ1) is 9.78. The lowest BCUT2D eigenvalue weighted by Gasteiger charge is -2.27. The summed E-state index contributed by atoms with van der Waals surface area (Å²) in [6, 6.07) is 4.74. The van der Waals surface area contributed by atoms with Crippen LogP contribution in [0.15, 0.2) is 18.3 Å². The molecule has 0 spiro atoms. The third-order valence-corrected chi connectivity index (χ3v) is 4.03. The highest BCUT2D eigenvalue weighted by molar-refractivity contribution is 5.15. The Bertz CT molecular complexity index is 386. The van der Waals surface area contributed by atoms with Gasteiger partial charge in [0.1, 0.15) is 0 Å². The van der Waals surface area contributed by atoms with Gasteiger partial charge in [-0.05, 0) is 50.3 Å². The van der Waals surface area contributed by atoms with Gasteiger partial charge in [-0.15, -0.1) is 0 Å². The fraction of sp³-hybridized carbons (Fsp3) is 0.706. The van der Waals surface area contributed by atoms with Crippen molar-refractivity contribution in [3.05, 3.63) is 29.6 Å². The zero-order valence-corrected chi connectivity index (χ0v) is 13.1. The lowest BCUT2D eigenvalue weighted by molar-refractivity contribution is 0.0194. The van der Waals surface area contributed by atoms with Crippen molar-refractivity contribution in [3.8, 4) is 0 Å². The van der Waals surface area contributed by atoms with Gasteiger partial charge in [0, 0.05) is 31.0 Å². The zero-order chi connectivity index (χ0) is 14.4. The molecule has 112 valence electrons. The first-order valence-electron chi connectivity index (χ1n) is 8.07. The van der Waals surface area contributed by atoms with Crippen molar-refractivity contribution in [3.63, 3.8) is 0 Å². The number of ether oxygens (including phenoxy) is 1. The van der Waals surface area contributed by atoms with Crippen LogP contribution in [0.5, 0.6) is 0 Å². The van der Waals surface area contributed by atoms with Gasteiger partial charge in [-0.3, -0.25) is 4.98 Å². The molecule has 0 amide bonds. The lowest BCUT2D eigenvalue weighted by Crippen LogP contribution is -2.44. The van der Waals surface area contributed by atoms with Crippen molar-refractivity contribution < 1.29 is 4.74 Å². The third kappa shape index (κ3) is 4.29. The molecular weight excluding hydrogens is 248 g/mol. The number of nitrogens with zero attached hydrogens (tertiary/aromatic N) is 1. The molecule has 0 radical (unpaired) electrons. The lowest BCUT2D eigenvalue weighted by atomic mass is 10.0. The Balaban J connectivity index is 2.02. The maximum atomic E-state index is 6.01. The average molecular weight is 276 g/mol. The smallest absolute Gasteiger partial charge is 0.0759 e. The van der Waals surface area contributed by atoms with Gasteiger partial charge in [0.05, 0.1) is 6.10 Å². The highest BCUT2D eigenvalue weighted by Gasteiger charge is 2.37. The molecule has 1 aromatic rings. The average Bonchev–Trinajstić information content (AvgIpc) is 3.30. The summed E-state index contributed by atoms with van der Waals surface area (Å²) < 4.78 is 6.01. The predicted molar refractivity (Wildman–Crippen MR) is 82.9 cm³/mol. The van der Waals surface area contributed by atoms with Gasteiger partial charge in [0.2, 0.25) is 0 Å². The summed E-state index contributed by atoms with van der Waals surface area (Å²) in [5.41, 5.74) is 2.47. The second-order valence-electron chi connectivity index (χ2n) is 5.64. The molecule has 3 nitrogen and oxygen atoms in total. The van der Waals surface area contributed by atoms with Crippen LogP contribution in [0, 0.1) is 5.92 Å². The van der Waals surface area contributed by atoms with E-state index in [2.05, 4.69) is 43.2 Å². The van der Waals surface area contributed by atoms with Crippen LogP contribution in [-0.4, -0.2) is 30.3 Å². The van der Waals surface area contributed by atoms with Crippen LogP contribution in [0.4, 0.5) is 0 Å². The minimum atomic E-state index is 0.340. The summed E-state index contributed by atoms with van der Waals surface area (Å²) in [7, 11) is 0. The topological polar surface area (TPSA) is 34.2 Å². The van der Waals surface area contributed by atoms with Gasteiger partial charge in [-0.1, -0.05) is 19.9 Å². The Hall–Kier alpha value is -0.930. The normalized spacial score (nSPS) is 17.9. The van der Waals surface area contributed by atoms with E-state index in [-0.39, 0.29) is 0 Å². The van der Waals surface area contributed by atoms with Crippen molar-refractivity contribution >= 4 is 0 Å². The minimum Gasteiger partial charge on any atom is -0.377 e. The fourth-order valence-corrected chi connectivity index (χ4v) is 2.77. The molecule has 1 saturated carbocycles. The fourth-order valence-electron chi connectivity index (χ4n) is 2.77. The zero-order valence-electron chi connectivity index (χ0n) is 13.1. The second kappa shape index (κ2) is 7.75. The van der Waals surface area contributed by atoms with Gasteiger partial charge in [-0.2, -0.15) is 0 Å². The molecule has 1 N–H and O–H groups in total. The first-order valence-corrected chi connectivity index (χ1v) is 8.07. The molecule has 1 fully saturated rings. The molecule has 1 aliphatic carbocycles. The van der Waals surface area contributed by atoms with Gasteiger partial charge in [0.15, 0.2) is 0 Å². The van der Waals surface area contributed by atoms with Crippen LogP contribution in [-0.2, 0) is 17.6 Å². The summed E-state index contributed by atoms with van der Waals surface area (Å²) in [4.78, 5) is 4.60. The Kier molecular flexibility index (Phi) is 5.99. The van der Waals surface area contributed by atoms with E-state index in [0.717, 1.165) is 31.9 Å². The number of aromatic nitrogens is 1. The molecule has 1 heterocycles. The van der Waals surface area contributed by atoms with Crippen LogP contribution in [0.25, 0.3) is 0 Å². The van der Waals surface area contributed by atoms with E-state index < -0.39 is 0 Å². The van der Waals surface area contributed by atoms with Gasteiger partial charge >= 0.3 is 0 Å².